The minimum atomic E-state index is 0.335. The first-order valence-corrected chi connectivity index (χ1v) is 9.14. The fourth-order valence-corrected chi connectivity index (χ4v) is 5.90. The summed E-state index contributed by atoms with van der Waals surface area (Å²) < 4.78 is 0. The number of rotatable bonds is 1. The Morgan fingerprint density at radius 2 is 2.00 bits per heavy atom. The molecule has 4 rings (SSSR count). The molecule has 0 aromatic carbocycles. The number of hydrogen-bond donors (Lipinski definition) is 0. The average Bonchev–Trinajstić information content (AvgIpc) is 2.79. The monoisotopic (exact) mass is 296 g/mol. The predicted molar refractivity (Wildman–Crippen MR) is 90.4 cm³/mol. The first kappa shape index (κ1) is 14.5. The van der Waals surface area contributed by atoms with Gasteiger partial charge in [0.25, 0.3) is 0 Å². The lowest BCUT2D eigenvalue weighted by Crippen LogP contribution is -2.41. The van der Waals surface area contributed by atoms with Gasteiger partial charge in [0.15, 0.2) is 5.78 Å². The number of allylic oxidation sites excluding steroid dienone is 6. The van der Waals surface area contributed by atoms with Crippen molar-refractivity contribution >= 4 is 5.78 Å². The zero-order valence-electron chi connectivity index (χ0n) is 14.2. The van der Waals surface area contributed by atoms with Crippen LogP contribution in [0.15, 0.2) is 34.9 Å². The van der Waals surface area contributed by atoms with Crippen molar-refractivity contribution in [2.75, 3.05) is 0 Å². The predicted octanol–water partition coefficient (Wildman–Crippen LogP) is 5.38. The van der Waals surface area contributed by atoms with Crippen LogP contribution in [0.5, 0.6) is 0 Å². The molecule has 0 heterocycles. The third-order valence-corrected chi connectivity index (χ3v) is 7.77. The lowest BCUT2D eigenvalue weighted by atomic mass is 9.55. The lowest BCUT2D eigenvalue weighted by molar-refractivity contribution is -0.114. The quantitative estimate of drug-likeness (QED) is 0.634. The second kappa shape index (κ2) is 4.69. The zero-order chi connectivity index (χ0) is 15.5. The van der Waals surface area contributed by atoms with Crippen molar-refractivity contribution in [3.8, 4) is 0 Å². The summed E-state index contributed by atoms with van der Waals surface area (Å²) in [6.07, 6.45) is 15.1. The molecule has 1 fully saturated rings. The molecule has 0 aromatic rings. The molecule has 0 saturated heterocycles. The van der Waals surface area contributed by atoms with E-state index in [9.17, 15) is 4.79 Å². The highest BCUT2D eigenvalue weighted by Crippen LogP contribution is 2.65. The van der Waals surface area contributed by atoms with Gasteiger partial charge in [-0.25, -0.2) is 0 Å². The fourth-order valence-electron chi connectivity index (χ4n) is 5.90. The Labute approximate surface area is 134 Å². The third-order valence-electron chi connectivity index (χ3n) is 7.77. The molecule has 0 radical (unpaired) electrons. The second-order valence-electron chi connectivity index (χ2n) is 8.39. The van der Waals surface area contributed by atoms with E-state index in [1.807, 2.05) is 6.08 Å². The van der Waals surface area contributed by atoms with Gasteiger partial charge >= 0.3 is 0 Å². The molecule has 0 aromatic heterocycles. The molecule has 4 aliphatic carbocycles. The topological polar surface area (TPSA) is 17.1 Å². The highest BCUT2D eigenvalue weighted by atomic mass is 16.1. The number of ketones is 1. The van der Waals surface area contributed by atoms with Gasteiger partial charge in [0.05, 0.1) is 0 Å². The van der Waals surface area contributed by atoms with E-state index >= 15 is 0 Å². The molecule has 1 nitrogen and oxygen atoms in total. The van der Waals surface area contributed by atoms with E-state index in [1.165, 1.54) is 36.8 Å². The average molecular weight is 296 g/mol. The van der Waals surface area contributed by atoms with Crippen LogP contribution in [0.25, 0.3) is 0 Å². The van der Waals surface area contributed by atoms with E-state index in [1.54, 1.807) is 5.57 Å². The molecule has 1 unspecified atom stereocenters. The Hall–Kier alpha value is -1.11. The maximum atomic E-state index is 11.7. The summed E-state index contributed by atoms with van der Waals surface area (Å²) in [5.74, 6) is 1.88. The van der Waals surface area contributed by atoms with Crippen molar-refractivity contribution in [1.82, 2.24) is 0 Å². The van der Waals surface area contributed by atoms with Crippen LogP contribution in [0, 0.1) is 22.7 Å². The Bertz CT molecular complexity index is 620. The van der Waals surface area contributed by atoms with Gasteiger partial charge in [-0.3, -0.25) is 4.79 Å². The van der Waals surface area contributed by atoms with Gasteiger partial charge in [0.1, 0.15) is 0 Å². The van der Waals surface area contributed by atoms with E-state index in [4.69, 9.17) is 0 Å². The summed E-state index contributed by atoms with van der Waals surface area (Å²) in [4.78, 5) is 11.7. The number of hydrogen-bond acceptors (Lipinski definition) is 1. The van der Waals surface area contributed by atoms with Crippen molar-refractivity contribution in [3.05, 3.63) is 34.9 Å². The molecular formula is C21H28O. The summed E-state index contributed by atoms with van der Waals surface area (Å²) in [6.45, 7) is 7.38. The van der Waals surface area contributed by atoms with Crippen LogP contribution in [0.1, 0.15) is 65.7 Å². The SMILES string of the molecule is CC[C@@]1(C)CC[C@H]2C3CCC4=CC(=O)CCC4=C3C=C[C@@]21C. The fraction of sp³-hybridized carbons (Fsp3) is 0.667. The highest BCUT2D eigenvalue weighted by molar-refractivity contribution is 5.93. The van der Waals surface area contributed by atoms with Gasteiger partial charge in [-0.05, 0) is 84.0 Å². The van der Waals surface area contributed by atoms with E-state index in [0.29, 0.717) is 16.6 Å². The van der Waals surface area contributed by atoms with Crippen LogP contribution in [0.3, 0.4) is 0 Å². The lowest BCUT2D eigenvalue weighted by Gasteiger charge is -2.49. The molecule has 4 aliphatic rings. The third kappa shape index (κ3) is 1.74. The molecule has 118 valence electrons. The molecule has 1 heteroatoms. The van der Waals surface area contributed by atoms with Crippen LogP contribution < -0.4 is 0 Å². The van der Waals surface area contributed by atoms with Crippen LogP contribution in [-0.4, -0.2) is 5.78 Å². The largest absolute Gasteiger partial charge is 0.295 e. The van der Waals surface area contributed by atoms with Gasteiger partial charge in [0, 0.05) is 6.42 Å². The molecule has 0 aliphatic heterocycles. The van der Waals surface area contributed by atoms with Gasteiger partial charge in [-0.15, -0.1) is 0 Å². The maximum absolute atomic E-state index is 11.7. The molecule has 1 saturated carbocycles. The minimum Gasteiger partial charge on any atom is -0.295 e. The first-order chi connectivity index (χ1) is 10.5. The molecule has 4 atom stereocenters. The van der Waals surface area contributed by atoms with Crippen molar-refractivity contribution in [2.45, 2.75) is 65.7 Å². The summed E-state index contributed by atoms with van der Waals surface area (Å²) in [7, 11) is 0. The molecular weight excluding hydrogens is 268 g/mol. The van der Waals surface area contributed by atoms with Gasteiger partial charge in [-0.1, -0.05) is 32.9 Å². The molecule has 0 bridgehead atoms. The Morgan fingerprint density at radius 3 is 2.77 bits per heavy atom. The van der Waals surface area contributed by atoms with Gasteiger partial charge in [-0.2, -0.15) is 0 Å². The molecule has 0 spiro atoms. The summed E-state index contributed by atoms with van der Waals surface area (Å²) >= 11 is 0. The van der Waals surface area contributed by atoms with Gasteiger partial charge in [0.2, 0.25) is 0 Å². The van der Waals surface area contributed by atoms with Crippen LogP contribution in [-0.2, 0) is 4.79 Å². The Morgan fingerprint density at radius 1 is 1.18 bits per heavy atom. The van der Waals surface area contributed by atoms with Crippen molar-refractivity contribution < 1.29 is 4.79 Å². The zero-order valence-corrected chi connectivity index (χ0v) is 14.2. The number of fused-ring (bicyclic) bond motifs is 4. The van der Waals surface area contributed by atoms with Crippen LogP contribution in [0.4, 0.5) is 0 Å². The Balaban J connectivity index is 1.81. The Kier molecular flexibility index (Phi) is 3.09. The van der Waals surface area contributed by atoms with Crippen LogP contribution in [0.2, 0.25) is 0 Å². The van der Waals surface area contributed by atoms with E-state index < -0.39 is 0 Å². The van der Waals surface area contributed by atoms with Gasteiger partial charge < -0.3 is 0 Å². The maximum Gasteiger partial charge on any atom is 0.156 e. The number of carbonyl (C=O) groups is 1. The van der Waals surface area contributed by atoms with Crippen molar-refractivity contribution in [3.63, 3.8) is 0 Å². The summed E-state index contributed by atoms with van der Waals surface area (Å²) in [6, 6.07) is 0. The van der Waals surface area contributed by atoms with Crippen molar-refractivity contribution in [2.24, 2.45) is 22.7 Å². The smallest absolute Gasteiger partial charge is 0.156 e. The molecule has 0 N–H and O–H groups in total. The highest BCUT2D eigenvalue weighted by Gasteiger charge is 2.56. The van der Waals surface area contributed by atoms with E-state index in [2.05, 4.69) is 32.9 Å². The van der Waals surface area contributed by atoms with Crippen molar-refractivity contribution in [1.29, 1.82) is 0 Å². The van der Waals surface area contributed by atoms with Crippen LogP contribution >= 0.6 is 0 Å². The summed E-state index contributed by atoms with van der Waals surface area (Å²) in [5, 5.41) is 0. The second-order valence-corrected chi connectivity index (χ2v) is 8.39. The molecule has 22 heavy (non-hydrogen) atoms. The summed E-state index contributed by atoms with van der Waals surface area (Å²) in [5.41, 5.74) is 5.30. The van der Waals surface area contributed by atoms with E-state index in [-0.39, 0.29) is 0 Å². The normalized spacial score (nSPS) is 43.6. The standard InChI is InChI=1S/C21H28O/c1-4-20(2)11-10-19-18-7-5-14-13-15(22)6-8-16(14)17(18)9-12-21(19,20)3/h9,12-13,18-19H,4-8,10-11H2,1-3H3/t18?,19-,20-,21-/m0/s1. The first-order valence-electron chi connectivity index (χ1n) is 9.14. The van der Waals surface area contributed by atoms with E-state index in [0.717, 1.165) is 31.1 Å². The number of carbonyl (C=O) groups excluding carboxylic acids is 1. The molecule has 0 amide bonds. The minimum absolute atomic E-state index is 0.335.